The summed E-state index contributed by atoms with van der Waals surface area (Å²) in [6.45, 7) is 3.24. The van der Waals surface area contributed by atoms with E-state index >= 15 is 0 Å². The normalized spacial score (nSPS) is 21.1. The summed E-state index contributed by atoms with van der Waals surface area (Å²) >= 11 is 1.71. The summed E-state index contributed by atoms with van der Waals surface area (Å²) in [5.41, 5.74) is -0.126. The average Bonchev–Trinajstić information content (AvgIpc) is 3.62. The number of carbonyl (C=O) groups is 2. The van der Waals surface area contributed by atoms with Crippen molar-refractivity contribution in [1.29, 1.82) is 5.26 Å². The predicted octanol–water partition coefficient (Wildman–Crippen LogP) is 5.29. The van der Waals surface area contributed by atoms with Crippen molar-refractivity contribution in [3.8, 4) is 17.2 Å². The van der Waals surface area contributed by atoms with Crippen LogP contribution in [0.1, 0.15) is 49.1 Å². The highest BCUT2D eigenvalue weighted by Crippen LogP contribution is 2.41. The van der Waals surface area contributed by atoms with Gasteiger partial charge in [0.2, 0.25) is 11.8 Å². The van der Waals surface area contributed by atoms with Gasteiger partial charge < -0.3 is 19.8 Å². The van der Waals surface area contributed by atoms with E-state index in [2.05, 4.69) is 33.1 Å². The Hall–Kier alpha value is -3.46. The highest BCUT2D eigenvalue weighted by molar-refractivity contribution is 7.97. The summed E-state index contributed by atoms with van der Waals surface area (Å²) in [6, 6.07) is 17.5. The Morgan fingerprint density at radius 3 is 2.24 bits per heavy atom. The average molecular weight is 581 g/mol. The first-order valence-electron chi connectivity index (χ1n) is 13.8. The minimum atomic E-state index is -2.91. The molecule has 2 N–H and O–H groups in total. The van der Waals surface area contributed by atoms with Gasteiger partial charge in [-0.15, -0.1) is 0 Å². The van der Waals surface area contributed by atoms with E-state index in [1.165, 1.54) is 0 Å². The number of amides is 2. The Labute approximate surface area is 240 Å². The van der Waals surface area contributed by atoms with Crippen LogP contribution in [0, 0.1) is 11.3 Å². The number of nitriles is 1. The number of alkyl halides is 2. The maximum atomic E-state index is 14.0. The lowest BCUT2D eigenvalue weighted by atomic mass is 9.78. The molecule has 1 aliphatic heterocycles. The summed E-state index contributed by atoms with van der Waals surface area (Å²) in [7, 11) is 0. The van der Waals surface area contributed by atoms with Crippen molar-refractivity contribution in [2.75, 3.05) is 26.3 Å². The number of hydrogen-bond acceptors (Lipinski definition) is 7. The molecule has 2 saturated carbocycles. The number of rotatable bonds is 7. The van der Waals surface area contributed by atoms with Crippen LogP contribution in [-0.4, -0.2) is 59.4 Å². The van der Waals surface area contributed by atoms with Crippen LogP contribution in [0.3, 0.4) is 0 Å². The smallest absolute Gasteiger partial charge is 0.287 e. The largest absolute Gasteiger partial charge is 0.451 e. The van der Waals surface area contributed by atoms with Gasteiger partial charge in [-0.3, -0.25) is 9.59 Å². The van der Waals surface area contributed by atoms with Crippen LogP contribution in [0.5, 0.6) is 0 Å². The quantitative estimate of drug-likeness (QED) is 0.366. The minimum Gasteiger partial charge on any atom is -0.451 e. The molecule has 8 nitrogen and oxygen atoms in total. The molecule has 2 aliphatic carbocycles. The lowest BCUT2D eigenvalue weighted by Crippen LogP contribution is -2.62. The van der Waals surface area contributed by atoms with E-state index < -0.39 is 41.7 Å². The lowest BCUT2D eigenvalue weighted by Gasteiger charge is -2.39. The molecule has 41 heavy (non-hydrogen) atoms. The Balaban J connectivity index is 1.18. The van der Waals surface area contributed by atoms with Crippen molar-refractivity contribution in [3.05, 3.63) is 54.3 Å². The zero-order valence-electron chi connectivity index (χ0n) is 22.4. The van der Waals surface area contributed by atoms with E-state index in [0.29, 0.717) is 23.8 Å². The van der Waals surface area contributed by atoms with E-state index in [1.807, 2.05) is 30.3 Å². The molecule has 214 valence electrons. The van der Waals surface area contributed by atoms with Crippen LogP contribution < -0.4 is 10.6 Å². The Morgan fingerprint density at radius 2 is 1.59 bits per heavy atom. The minimum absolute atomic E-state index is 0.0136. The van der Waals surface area contributed by atoms with Crippen molar-refractivity contribution < 1.29 is 27.5 Å². The maximum Gasteiger partial charge on any atom is 0.287 e. The Kier molecular flexibility index (Phi) is 7.26. The topological polar surface area (TPSA) is 108 Å². The molecule has 0 unspecified atom stereocenters. The van der Waals surface area contributed by atoms with E-state index in [0.717, 1.165) is 42.3 Å². The maximum absolute atomic E-state index is 14.0. The molecule has 3 aliphatic rings. The van der Waals surface area contributed by atoms with Crippen LogP contribution >= 0.6 is 11.9 Å². The summed E-state index contributed by atoms with van der Waals surface area (Å²) in [4.78, 5) is 27.7. The van der Waals surface area contributed by atoms with Gasteiger partial charge in [-0.25, -0.2) is 13.1 Å². The van der Waals surface area contributed by atoms with Crippen LogP contribution in [0.25, 0.3) is 22.1 Å². The summed E-state index contributed by atoms with van der Waals surface area (Å²) in [6.07, 6.45) is -0.541. The Morgan fingerprint density at radius 1 is 0.902 bits per heavy atom. The monoisotopic (exact) mass is 580 g/mol. The first-order valence-corrected chi connectivity index (χ1v) is 14.5. The number of halogens is 2. The van der Waals surface area contributed by atoms with Gasteiger partial charge >= 0.3 is 0 Å². The SMILES string of the molecule is N#CC1(NC(=O)C2(NC(=O)c3cc4ccc(-c5ccc(SN6CCOCC6)cc5)cc4o3)CCC(F)(F)CC2)CC1. The van der Waals surface area contributed by atoms with E-state index in [4.69, 9.17) is 9.15 Å². The van der Waals surface area contributed by atoms with Crippen LogP contribution in [0.2, 0.25) is 0 Å². The summed E-state index contributed by atoms with van der Waals surface area (Å²) in [5.74, 6) is -4.18. The number of carbonyl (C=O) groups excluding carboxylic acids is 2. The first kappa shape index (κ1) is 27.7. The highest BCUT2D eigenvalue weighted by Gasteiger charge is 2.53. The molecular weight excluding hydrogens is 550 g/mol. The molecule has 2 aromatic carbocycles. The van der Waals surface area contributed by atoms with E-state index in [-0.39, 0.29) is 18.6 Å². The number of morpholine rings is 1. The van der Waals surface area contributed by atoms with Gasteiger partial charge in [0.15, 0.2) is 5.76 Å². The van der Waals surface area contributed by atoms with Gasteiger partial charge in [0.1, 0.15) is 16.7 Å². The lowest BCUT2D eigenvalue weighted by molar-refractivity contribution is -0.133. The zero-order valence-corrected chi connectivity index (χ0v) is 23.2. The van der Waals surface area contributed by atoms with Crippen molar-refractivity contribution in [1.82, 2.24) is 14.9 Å². The number of fused-ring (bicyclic) bond motifs is 1. The number of nitrogens with one attached hydrogen (secondary N) is 2. The van der Waals surface area contributed by atoms with Crippen molar-refractivity contribution >= 4 is 34.7 Å². The van der Waals surface area contributed by atoms with Gasteiger partial charge in [-0.2, -0.15) is 5.26 Å². The third-order valence-electron chi connectivity index (χ3n) is 8.08. The molecule has 2 amide bonds. The fourth-order valence-corrected chi connectivity index (χ4v) is 6.16. The molecule has 0 atom stereocenters. The van der Waals surface area contributed by atoms with Crippen LogP contribution in [-0.2, 0) is 9.53 Å². The van der Waals surface area contributed by atoms with Crippen LogP contribution in [0.15, 0.2) is 57.8 Å². The number of benzene rings is 2. The third kappa shape index (κ3) is 5.96. The second-order valence-corrected chi connectivity index (χ2v) is 12.2. The van der Waals surface area contributed by atoms with Gasteiger partial charge in [0.05, 0.1) is 19.3 Å². The second-order valence-electron chi connectivity index (χ2n) is 11.1. The highest BCUT2D eigenvalue weighted by atomic mass is 32.2. The van der Waals surface area contributed by atoms with Gasteiger partial charge in [-0.1, -0.05) is 24.3 Å². The van der Waals surface area contributed by atoms with Crippen LogP contribution in [0.4, 0.5) is 8.78 Å². The number of nitrogens with zero attached hydrogens (tertiary/aromatic N) is 2. The van der Waals surface area contributed by atoms with Crippen molar-refractivity contribution in [3.63, 3.8) is 0 Å². The van der Waals surface area contributed by atoms with Crippen molar-refractivity contribution in [2.45, 2.75) is 60.4 Å². The Bertz CT molecular complexity index is 1500. The van der Waals surface area contributed by atoms with Gasteiger partial charge in [0, 0.05) is 36.2 Å². The van der Waals surface area contributed by atoms with E-state index in [1.54, 1.807) is 18.0 Å². The molecule has 1 aromatic heterocycles. The standard InChI is InChI=1S/C30H30F2N4O4S/c31-30(32)11-9-29(10-12-30,27(38)35-28(19-33)7-8-28)34-26(37)25-18-22-2-1-21(17-24(22)40-25)20-3-5-23(6-4-20)41-36-13-15-39-16-14-36/h1-6,17-18H,7-16H2,(H,34,37)(H,35,38). The number of ether oxygens (including phenoxy) is 1. The molecule has 6 rings (SSSR count). The van der Waals surface area contributed by atoms with E-state index in [9.17, 15) is 23.6 Å². The molecular formula is C30H30F2N4O4S. The molecule has 2 heterocycles. The summed E-state index contributed by atoms with van der Waals surface area (Å²) in [5, 5.41) is 15.5. The zero-order chi connectivity index (χ0) is 28.7. The molecule has 1 saturated heterocycles. The summed E-state index contributed by atoms with van der Waals surface area (Å²) < 4.78 is 41.6. The molecule has 0 radical (unpaired) electrons. The molecule has 0 spiro atoms. The molecule has 3 fully saturated rings. The molecule has 3 aromatic rings. The predicted molar refractivity (Wildman–Crippen MR) is 149 cm³/mol. The van der Waals surface area contributed by atoms with Gasteiger partial charge in [0.25, 0.3) is 5.91 Å². The third-order valence-corrected chi connectivity index (χ3v) is 9.18. The molecule has 11 heteroatoms. The number of hydrogen-bond donors (Lipinski definition) is 2. The first-order chi connectivity index (χ1) is 19.7. The number of furan rings is 1. The van der Waals surface area contributed by atoms with Gasteiger partial charge in [-0.05, 0) is 73.0 Å². The second kappa shape index (κ2) is 10.7. The fraction of sp³-hybridized carbons (Fsp3) is 0.433. The molecule has 0 bridgehead atoms. The fourth-order valence-electron chi connectivity index (χ4n) is 5.27. The van der Waals surface area contributed by atoms with Crippen molar-refractivity contribution in [2.24, 2.45) is 0 Å².